The smallest absolute Gasteiger partial charge is 0.407 e. The van der Waals surface area contributed by atoms with Gasteiger partial charge in [-0.3, -0.25) is 4.79 Å². The summed E-state index contributed by atoms with van der Waals surface area (Å²) in [4.78, 5) is 28.9. The van der Waals surface area contributed by atoms with Crippen LogP contribution in [0, 0.1) is 0 Å². The molecule has 2 aromatic heterocycles. The van der Waals surface area contributed by atoms with Crippen LogP contribution in [-0.2, 0) is 21.5 Å². The molecule has 1 saturated carbocycles. The second-order valence-electron chi connectivity index (χ2n) is 9.17. The van der Waals surface area contributed by atoms with Crippen LogP contribution in [0.5, 0.6) is 0 Å². The molecular weight excluding hydrogens is 396 g/mol. The fourth-order valence-corrected chi connectivity index (χ4v) is 4.08. The van der Waals surface area contributed by atoms with E-state index in [9.17, 15) is 9.59 Å². The minimum Gasteiger partial charge on any atom is -0.446 e. The average Bonchev–Trinajstić information content (AvgIpc) is 3.32. The largest absolute Gasteiger partial charge is 0.446 e. The minimum absolute atomic E-state index is 0.131. The van der Waals surface area contributed by atoms with E-state index in [0.717, 1.165) is 30.8 Å². The highest BCUT2D eigenvalue weighted by Gasteiger charge is 2.32. The van der Waals surface area contributed by atoms with Crippen LogP contribution in [0.1, 0.15) is 57.3 Å². The highest BCUT2D eigenvalue weighted by Crippen LogP contribution is 2.37. The molecule has 1 aliphatic carbocycles. The molecule has 0 unspecified atom stereocenters. The van der Waals surface area contributed by atoms with Crippen molar-refractivity contribution in [1.82, 2.24) is 25.4 Å². The molecule has 0 saturated heterocycles. The Morgan fingerprint density at radius 3 is 2.74 bits per heavy atom. The summed E-state index contributed by atoms with van der Waals surface area (Å²) in [7, 11) is 0. The van der Waals surface area contributed by atoms with Crippen molar-refractivity contribution in [2.75, 3.05) is 18.4 Å². The van der Waals surface area contributed by atoms with Gasteiger partial charge in [0.05, 0.1) is 23.3 Å². The maximum absolute atomic E-state index is 12.2. The van der Waals surface area contributed by atoms with Gasteiger partial charge in [-0.05, 0) is 52.2 Å². The van der Waals surface area contributed by atoms with E-state index in [-0.39, 0.29) is 29.9 Å². The van der Waals surface area contributed by atoms with Gasteiger partial charge >= 0.3 is 6.09 Å². The fourth-order valence-electron chi connectivity index (χ4n) is 4.08. The van der Waals surface area contributed by atoms with Gasteiger partial charge in [-0.25, -0.2) is 14.5 Å². The molecule has 0 aromatic carbocycles. The Balaban J connectivity index is 1.66. The number of nitrogens with zero attached hydrogens (tertiary/aromatic N) is 3. The molecule has 31 heavy (non-hydrogen) atoms. The molecule has 0 spiro atoms. The first-order valence-corrected chi connectivity index (χ1v) is 10.8. The predicted octanol–water partition coefficient (Wildman–Crippen LogP) is 2.81. The zero-order chi connectivity index (χ0) is 22.0. The number of fused-ring (bicyclic) bond motifs is 7. The van der Waals surface area contributed by atoms with E-state index in [1.807, 2.05) is 22.9 Å². The number of alkyl carbamates (subject to hydrolysis) is 1. The van der Waals surface area contributed by atoms with Crippen molar-refractivity contribution in [3.05, 3.63) is 35.7 Å². The van der Waals surface area contributed by atoms with Gasteiger partial charge in [-0.2, -0.15) is 5.10 Å². The van der Waals surface area contributed by atoms with Gasteiger partial charge in [0.1, 0.15) is 17.7 Å². The molecule has 3 heterocycles. The summed E-state index contributed by atoms with van der Waals surface area (Å²) in [5, 5.41) is 13.8. The first-order valence-electron chi connectivity index (χ1n) is 10.8. The van der Waals surface area contributed by atoms with Crippen LogP contribution >= 0.6 is 0 Å². The number of hydrogen-bond acceptors (Lipinski definition) is 6. The summed E-state index contributed by atoms with van der Waals surface area (Å²) in [5.74, 6) is 1.60. The van der Waals surface area contributed by atoms with Crippen molar-refractivity contribution in [3.63, 3.8) is 0 Å². The lowest BCUT2D eigenvalue weighted by molar-refractivity contribution is -0.120. The van der Waals surface area contributed by atoms with E-state index < -0.39 is 6.09 Å². The van der Waals surface area contributed by atoms with Crippen LogP contribution in [0.25, 0.3) is 0 Å². The number of anilines is 2. The van der Waals surface area contributed by atoms with E-state index >= 15 is 0 Å². The highest BCUT2D eigenvalue weighted by molar-refractivity contribution is 5.78. The molecule has 9 nitrogen and oxygen atoms in total. The number of nitrogens with one attached hydrogen (secondary N) is 3. The number of carbonyl (C=O) groups is 2. The lowest BCUT2D eigenvalue weighted by Crippen LogP contribution is -2.36. The van der Waals surface area contributed by atoms with Gasteiger partial charge in [0.25, 0.3) is 0 Å². The van der Waals surface area contributed by atoms with E-state index in [1.165, 1.54) is 0 Å². The van der Waals surface area contributed by atoms with Crippen molar-refractivity contribution in [2.45, 2.75) is 64.0 Å². The second kappa shape index (κ2) is 8.56. The lowest BCUT2D eigenvalue weighted by atomic mass is 10.0. The molecule has 9 heteroatoms. The predicted molar refractivity (Wildman–Crippen MR) is 116 cm³/mol. The minimum atomic E-state index is -0.446. The normalized spacial score (nSPS) is 22.4. The number of ether oxygens (including phenoxy) is 1. The maximum Gasteiger partial charge on any atom is 0.407 e. The Morgan fingerprint density at radius 2 is 1.94 bits per heavy atom. The molecule has 2 amide bonds. The second-order valence-corrected chi connectivity index (χ2v) is 9.17. The molecule has 4 rings (SSSR count). The molecule has 2 aliphatic rings. The van der Waals surface area contributed by atoms with Crippen LogP contribution in [0.2, 0.25) is 0 Å². The monoisotopic (exact) mass is 426 g/mol. The van der Waals surface area contributed by atoms with Gasteiger partial charge in [0.15, 0.2) is 0 Å². The zero-order valence-electron chi connectivity index (χ0n) is 18.3. The number of amides is 2. The topological polar surface area (TPSA) is 110 Å². The van der Waals surface area contributed by atoms with E-state index in [1.54, 1.807) is 0 Å². The molecule has 1 aliphatic heterocycles. The van der Waals surface area contributed by atoms with Crippen LogP contribution in [0.3, 0.4) is 0 Å². The van der Waals surface area contributed by atoms with Crippen molar-refractivity contribution in [3.8, 4) is 0 Å². The maximum atomic E-state index is 12.2. The van der Waals surface area contributed by atoms with Crippen molar-refractivity contribution >= 4 is 23.6 Å². The number of rotatable bonds is 0. The third-order valence-corrected chi connectivity index (χ3v) is 5.56. The molecule has 1 fully saturated rings. The van der Waals surface area contributed by atoms with Crippen molar-refractivity contribution in [1.29, 1.82) is 0 Å². The van der Waals surface area contributed by atoms with Crippen LogP contribution in [-0.4, -0.2) is 46.0 Å². The standard InChI is InChI=1S/C22H30N6O3/c1-22(2,3)28-19-13-17(27-28)14-7-8-16(11-14)31-21(30)24-10-9-23-20(29)12-15-5-4-6-18(25-15)26-19/h4-6,13-14,16H,7-12H2,1-3H3,(H,23,29)(H,24,30)(H,25,26)/t14-,16+/m0/s1. The van der Waals surface area contributed by atoms with E-state index in [2.05, 4.69) is 47.8 Å². The first kappa shape index (κ1) is 21.1. The molecule has 2 atom stereocenters. The quantitative estimate of drug-likeness (QED) is 0.598. The SMILES string of the molecule is CC(C)(C)n1nc2cc1Nc1cccc(n1)CC(=O)NCCNC(=O)O[C@@H]1CC[C@H]2C1. The Kier molecular flexibility index (Phi) is 5.84. The zero-order valence-corrected chi connectivity index (χ0v) is 18.3. The number of aromatic nitrogens is 3. The third kappa shape index (κ3) is 5.15. The van der Waals surface area contributed by atoms with E-state index in [0.29, 0.717) is 24.6 Å². The van der Waals surface area contributed by atoms with Gasteiger partial charge in [-0.1, -0.05) is 6.07 Å². The molecular formula is C22H30N6O3. The average molecular weight is 427 g/mol. The van der Waals surface area contributed by atoms with Crippen LogP contribution in [0.4, 0.5) is 16.4 Å². The Bertz CT molecular complexity index is 964. The first-order chi connectivity index (χ1) is 14.8. The van der Waals surface area contributed by atoms with Gasteiger partial charge in [0.2, 0.25) is 5.91 Å². The summed E-state index contributed by atoms with van der Waals surface area (Å²) in [5.41, 5.74) is 1.42. The van der Waals surface area contributed by atoms with E-state index in [4.69, 9.17) is 9.84 Å². The molecule has 2 aromatic rings. The summed E-state index contributed by atoms with van der Waals surface area (Å²) in [6.45, 7) is 6.95. The summed E-state index contributed by atoms with van der Waals surface area (Å²) < 4.78 is 7.54. The highest BCUT2D eigenvalue weighted by atomic mass is 16.6. The Labute approximate surface area is 181 Å². The van der Waals surface area contributed by atoms with Gasteiger partial charge in [0, 0.05) is 25.1 Å². The molecule has 166 valence electrons. The molecule has 3 N–H and O–H groups in total. The fraction of sp³-hybridized carbons (Fsp3) is 0.545. The van der Waals surface area contributed by atoms with Crippen molar-refractivity contribution in [2.24, 2.45) is 0 Å². The van der Waals surface area contributed by atoms with Crippen molar-refractivity contribution < 1.29 is 14.3 Å². The van der Waals surface area contributed by atoms with Crippen LogP contribution in [0.15, 0.2) is 24.3 Å². The summed E-state index contributed by atoms with van der Waals surface area (Å²) >= 11 is 0. The summed E-state index contributed by atoms with van der Waals surface area (Å²) in [6.07, 6.45) is 2.06. The summed E-state index contributed by atoms with van der Waals surface area (Å²) in [6, 6.07) is 7.65. The Hall–Kier alpha value is -3.10. The lowest BCUT2D eigenvalue weighted by Gasteiger charge is -2.22. The number of pyridine rings is 1. The molecule has 6 bridgehead atoms. The number of hydrogen-bond donors (Lipinski definition) is 3. The molecule has 0 radical (unpaired) electrons. The van der Waals surface area contributed by atoms with Gasteiger partial charge in [-0.15, -0.1) is 0 Å². The van der Waals surface area contributed by atoms with Crippen LogP contribution < -0.4 is 16.0 Å². The number of carbonyl (C=O) groups excluding carboxylic acids is 2. The van der Waals surface area contributed by atoms with Gasteiger partial charge < -0.3 is 20.7 Å². The Morgan fingerprint density at radius 1 is 1.13 bits per heavy atom. The third-order valence-electron chi connectivity index (χ3n) is 5.56.